The van der Waals surface area contributed by atoms with Gasteiger partial charge in [-0.15, -0.1) is 0 Å². The molecule has 2 N–H and O–H groups in total. The number of carbonyl (C=O) groups excluding carboxylic acids is 1. The Morgan fingerprint density at radius 2 is 1.68 bits per heavy atom. The fourth-order valence-electron chi connectivity index (χ4n) is 3.24. The van der Waals surface area contributed by atoms with Crippen LogP contribution in [0.5, 0.6) is 5.75 Å². The number of nitrogens with zero attached hydrogens (tertiary/aromatic N) is 1. The number of anilines is 1. The van der Waals surface area contributed by atoms with Crippen molar-refractivity contribution < 1.29 is 9.53 Å². The Bertz CT molecular complexity index is 936. The topological polar surface area (TPSA) is 55.6 Å². The summed E-state index contributed by atoms with van der Waals surface area (Å²) in [6, 6.07) is 25.0. The van der Waals surface area contributed by atoms with Gasteiger partial charge in [0, 0.05) is 11.1 Å². The summed E-state index contributed by atoms with van der Waals surface area (Å²) in [7, 11) is 1.66. The highest BCUT2D eigenvalue weighted by molar-refractivity contribution is 5.76. The van der Waals surface area contributed by atoms with Gasteiger partial charge in [0.05, 0.1) is 18.8 Å². The van der Waals surface area contributed by atoms with Crippen LogP contribution in [0.2, 0.25) is 0 Å². The molecule has 0 heterocycles. The van der Waals surface area contributed by atoms with E-state index in [4.69, 9.17) is 10.6 Å². The Balaban J connectivity index is 1.93. The zero-order valence-corrected chi connectivity index (χ0v) is 15.9. The zero-order valence-electron chi connectivity index (χ0n) is 15.9. The molecule has 0 bridgehead atoms. The maximum Gasteiger partial charge on any atom is 0.150 e. The van der Waals surface area contributed by atoms with Gasteiger partial charge in [0.15, 0.2) is 0 Å². The number of nitrogens with two attached hydrogens (primary N) is 1. The van der Waals surface area contributed by atoms with Crippen molar-refractivity contribution in [3.05, 3.63) is 102 Å². The summed E-state index contributed by atoms with van der Waals surface area (Å²) in [5.74, 6) is 7.32. The molecular weight excluding hydrogens is 348 g/mol. The molecule has 0 fully saturated rings. The first kappa shape index (κ1) is 19.4. The molecule has 3 aromatic carbocycles. The number of methoxy groups -OCH3 is 1. The number of hydrazine groups is 1. The Morgan fingerprint density at radius 1 is 1.04 bits per heavy atom. The monoisotopic (exact) mass is 372 g/mol. The third-order valence-corrected chi connectivity index (χ3v) is 4.78. The van der Waals surface area contributed by atoms with Crippen molar-refractivity contribution in [2.24, 2.45) is 5.84 Å². The number of rotatable bonds is 8. The molecule has 1 atom stereocenters. The second-order valence-corrected chi connectivity index (χ2v) is 6.55. The molecule has 142 valence electrons. The lowest BCUT2D eigenvalue weighted by Gasteiger charge is -2.31. The molecule has 3 rings (SSSR count). The smallest absolute Gasteiger partial charge is 0.150 e. The van der Waals surface area contributed by atoms with Gasteiger partial charge in [-0.05, 0) is 47.9 Å². The van der Waals surface area contributed by atoms with E-state index in [1.807, 2.05) is 54.6 Å². The van der Waals surface area contributed by atoms with Crippen LogP contribution < -0.4 is 15.6 Å². The van der Waals surface area contributed by atoms with E-state index in [1.54, 1.807) is 24.3 Å². The SMILES string of the molecule is C=C(CC(c1ccccc1)N(N)c1ccc(C=O)cc1)c1ccccc1OC. The summed E-state index contributed by atoms with van der Waals surface area (Å²) >= 11 is 0. The first-order valence-corrected chi connectivity index (χ1v) is 9.09. The predicted octanol–water partition coefficient (Wildman–Crippen LogP) is 5.03. The highest BCUT2D eigenvalue weighted by Gasteiger charge is 2.21. The van der Waals surface area contributed by atoms with Crippen molar-refractivity contribution in [3.8, 4) is 5.75 Å². The fourth-order valence-corrected chi connectivity index (χ4v) is 3.24. The molecule has 0 amide bonds. The third kappa shape index (κ3) is 4.30. The fraction of sp³-hybridized carbons (Fsp3) is 0.125. The predicted molar refractivity (Wildman–Crippen MR) is 114 cm³/mol. The average Bonchev–Trinajstić information content (AvgIpc) is 2.77. The molecule has 0 spiro atoms. The Morgan fingerprint density at radius 3 is 2.32 bits per heavy atom. The third-order valence-electron chi connectivity index (χ3n) is 4.78. The van der Waals surface area contributed by atoms with Crippen LogP contribution in [0.25, 0.3) is 5.57 Å². The Labute approximate surface area is 165 Å². The van der Waals surface area contributed by atoms with Crippen LogP contribution in [-0.4, -0.2) is 13.4 Å². The Kier molecular flexibility index (Phi) is 6.25. The standard InChI is InChI=1S/C24H24N2O2/c1-18(22-10-6-7-11-24(22)28-2)16-23(20-8-4-3-5-9-20)26(25)21-14-12-19(17-27)13-15-21/h3-15,17,23H,1,16,25H2,2H3. The molecule has 1 unspecified atom stereocenters. The maximum absolute atomic E-state index is 10.9. The molecule has 0 radical (unpaired) electrons. The molecule has 4 nitrogen and oxygen atoms in total. The van der Waals surface area contributed by atoms with Gasteiger partial charge in [-0.3, -0.25) is 4.79 Å². The maximum atomic E-state index is 10.9. The van der Waals surface area contributed by atoms with Crippen LogP contribution >= 0.6 is 0 Å². The summed E-state index contributed by atoms with van der Waals surface area (Å²) in [5, 5.41) is 1.73. The summed E-state index contributed by atoms with van der Waals surface area (Å²) in [5.41, 5.74) is 4.43. The van der Waals surface area contributed by atoms with E-state index < -0.39 is 0 Å². The lowest BCUT2D eigenvalue weighted by atomic mass is 9.94. The summed E-state index contributed by atoms with van der Waals surface area (Å²) in [6.45, 7) is 4.29. The van der Waals surface area contributed by atoms with Gasteiger partial charge in [-0.2, -0.15) is 0 Å². The minimum atomic E-state index is -0.124. The van der Waals surface area contributed by atoms with Crippen molar-refractivity contribution in [3.63, 3.8) is 0 Å². The lowest BCUT2D eigenvalue weighted by molar-refractivity contribution is 0.112. The quantitative estimate of drug-likeness (QED) is 0.342. The average molecular weight is 372 g/mol. The first-order valence-electron chi connectivity index (χ1n) is 9.09. The van der Waals surface area contributed by atoms with E-state index in [9.17, 15) is 4.79 Å². The van der Waals surface area contributed by atoms with E-state index in [2.05, 4.69) is 18.7 Å². The first-order chi connectivity index (χ1) is 13.6. The number of ether oxygens (including phenoxy) is 1. The molecule has 0 saturated heterocycles. The summed E-state index contributed by atoms with van der Waals surface area (Å²) in [4.78, 5) is 10.9. The van der Waals surface area contributed by atoms with Crippen molar-refractivity contribution in [1.29, 1.82) is 0 Å². The van der Waals surface area contributed by atoms with Crippen LogP contribution in [0.4, 0.5) is 5.69 Å². The number of hydrogen-bond acceptors (Lipinski definition) is 4. The second-order valence-electron chi connectivity index (χ2n) is 6.55. The van der Waals surface area contributed by atoms with Crippen molar-refractivity contribution in [2.75, 3.05) is 12.1 Å². The highest BCUT2D eigenvalue weighted by Crippen LogP contribution is 2.35. The summed E-state index contributed by atoms with van der Waals surface area (Å²) < 4.78 is 5.49. The van der Waals surface area contributed by atoms with E-state index >= 15 is 0 Å². The van der Waals surface area contributed by atoms with Crippen molar-refractivity contribution >= 4 is 17.5 Å². The molecule has 0 aliphatic rings. The number of aldehydes is 1. The molecular formula is C24H24N2O2. The van der Waals surface area contributed by atoms with E-state index in [1.165, 1.54) is 0 Å². The van der Waals surface area contributed by atoms with Gasteiger partial charge < -0.3 is 9.75 Å². The van der Waals surface area contributed by atoms with E-state index in [-0.39, 0.29) is 6.04 Å². The summed E-state index contributed by atoms with van der Waals surface area (Å²) in [6.07, 6.45) is 1.44. The van der Waals surface area contributed by atoms with Crippen LogP contribution in [0.1, 0.15) is 33.9 Å². The minimum absolute atomic E-state index is 0.124. The van der Waals surface area contributed by atoms with Crippen LogP contribution in [0, 0.1) is 0 Å². The minimum Gasteiger partial charge on any atom is -0.496 e. The van der Waals surface area contributed by atoms with Crippen LogP contribution in [0.3, 0.4) is 0 Å². The van der Waals surface area contributed by atoms with Crippen LogP contribution in [0.15, 0.2) is 85.4 Å². The largest absolute Gasteiger partial charge is 0.496 e. The van der Waals surface area contributed by atoms with E-state index in [0.29, 0.717) is 12.0 Å². The normalized spacial score (nSPS) is 11.5. The molecule has 4 heteroatoms. The molecule has 0 saturated carbocycles. The van der Waals surface area contributed by atoms with Crippen molar-refractivity contribution in [1.82, 2.24) is 0 Å². The molecule has 28 heavy (non-hydrogen) atoms. The zero-order chi connectivity index (χ0) is 19.9. The lowest BCUT2D eigenvalue weighted by Crippen LogP contribution is -2.35. The number of hydrogen-bond donors (Lipinski definition) is 1. The van der Waals surface area contributed by atoms with Gasteiger partial charge in [0.2, 0.25) is 0 Å². The van der Waals surface area contributed by atoms with Gasteiger partial charge in [0.1, 0.15) is 12.0 Å². The molecule has 3 aromatic rings. The van der Waals surface area contributed by atoms with Crippen LogP contribution in [-0.2, 0) is 0 Å². The molecule has 0 aromatic heterocycles. The second kappa shape index (κ2) is 9.02. The highest BCUT2D eigenvalue weighted by atomic mass is 16.5. The number of carbonyl (C=O) groups is 1. The van der Waals surface area contributed by atoms with Gasteiger partial charge in [-0.25, -0.2) is 5.84 Å². The van der Waals surface area contributed by atoms with Gasteiger partial charge in [-0.1, -0.05) is 55.1 Å². The number of para-hydroxylation sites is 1. The number of benzene rings is 3. The molecule has 0 aliphatic carbocycles. The molecule has 0 aliphatic heterocycles. The Hall–Kier alpha value is -3.37. The van der Waals surface area contributed by atoms with Gasteiger partial charge >= 0.3 is 0 Å². The van der Waals surface area contributed by atoms with Crippen molar-refractivity contribution in [2.45, 2.75) is 12.5 Å². The van der Waals surface area contributed by atoms with E-state index in [0.717, 1.165) is 34.4 Å². The van der Waals surface area contributed by atoms with Gasteiger partial charge in [0.25, 0.3) is 0 Å².